The van der Waals surface area contributed by atoms with Crippen molar-refractivity contribution in [2.75, 3.05) is 6.61 Å². The van der Waals surface area contributed by atoms with Crippen LogP contribution in [0.25, 0.3) is 0 Å². The first kappa shape index (κ1) is 28.0. The van der Waals surface area contributed by atoms with Gasteiger partial charge in [-0.3, -0.25) is 23.7 Å². The zero-order chi connectivity index (χ0) is 26.3. The molecule has 0 radical (unpaired) electrons. The predicted octanol–water partition coefficient (Wildman–Crippen LogP) is -2.22. The maximum absolute atomic E-state index is 12.3. The molecule has 2 fully saturated rings. The average molecular weight is 546 g/mol. The van der Waals surface area contributed by atoms with E-state index in [9.17, 15) is 38.6 Å². The Labute approximate surface area is 196 Å². The second-order valence-corrected chi connectivity index (χ2v) is 10.7. The molecule has 3 heterocycles. The third-order valence-electron chi connectivity index (χ3n) is 5.19. The lowest BCUT2D eigenvalue weighted by Gasteiger charge is -2.36. The summed E-state index contributed by atoms with van der Waals surface area (Å²) in [7, 11) is -10.7. The number of carbonyl (C=O) groups excluding carboxylic acids is 1. The summed E-state index contributed by atoms with van der Waals surface area (Å²) in [6.07, 6.45) is -8.96. The minimum absolute atomic E-state index is 0.154. The molecule has 0 saturated carbocycles. The molecule has 0 bridgehead atoms. The third-order valence-corrected chi connectivity index (χ3v) is 7.34. The minimum atomic E-state index is -5.40. The Balaban J connectivity index is 1.83. The lowest BCUT2D eigenvalue weighted by Crippen LogP contribution is -2.56. The molecular weight excluding hydrogens is 522 g/mol. The zero-order valence-corrected chi connectivity index (χ0v) is 20.0. The van der Waals surface area contributed by atoms with E-state index in [2.05, 4.69) is 13.8 Å². The minimum Gasteiger partial charge on any atom is -0.385 e. The number of aryl methyl sites for hydroxylation is 1. The Kier molecular flexibility index (Phi) is 8.33. The molecule has 1 aromatic heterocycles. The van der Waals surface area contributed by atoms with Crippen molar-refractivity contribution in [2.24, 2.45) is 0 Å². The molecule has 0 spiro atoms. The first-order chi connectivity index (χ1) is 16.1. The standard InChI is InChI=1S/C16H24N2O15P2/c1-6-4-18(16(23)17-14(6)22)10-3-8(32-15-13(21)12(20)11(19)7(2)30-15)9(31-10)5-29-35(27,28)33-34(24,25)26/h4,7-10,12-13,15,20-21H,3,5H2,1-2H3,(H,27,28)(H,17,22,23)(H2,24,25,26)/t7-,8-,9+,10+,12+,13+,15+/m0/s1. The Morgan fingerprint density at radius 1 is 1.17 bits per heavy atom. The van der Waals surface area contributed by atoms with Gasteiger partial charge in [0.1, 0.15) is 30.6 Å². The molecule has 2 aliphatic heterocycles. The van der Waals surface area contributed by atoms with E-state index in [0.717, 1.165) is 4.57 Å². The Morgan fingerprint density at radius 3 is 2.46 bits per heavy atom. The quantitative estimate of drug-likeness (QED) is 0.189. The van der Waals surface area contributed by atoms with Crippen molar-refractivity contribution in [1.29, 1.82) is 0 Å². The van der Waals surface area contributed by atoms with Gasteiger partial charge >= 0.3 is 21.3 Å². The number of aliphatic hydroxyl groups is 2. The van der Waals surface area contributed by atoms with Crippen LogP contribution in [0, 0.1) is 6.92 Å². The van der Waals surface area contributed by atoms with Gasteiger partial charge in [-0.2, -0.15) is 4.31 Å². The number of H-pyrrole nitrogens is 1. The van der Waals surface area contributed by atoms with Gasteiger partial charge in [0.2, 0.25) is 0 Å². The van der Waals surface area contributed by atoms with E-state index < -0.39 is 82.3 Å². The van der Waals surface area contributed by atoms with Crippen LogP contribution in [0.1, 0.15) is 25.1 Å². The predicted molar refractivity (Wildman–Crippen MR) is 110 cm³/mol. The van der Waals surface area contributed by atoms with Crippen LogP contribution in [0.4, 0.5) is 0 Å². The summed E-state index contributed by atoms with van der Waals surface area (Å²) in [6, 6.07) is 0. The molecule has 17 nitrogen and oxygen atoms in total. The molecule has 35 heavy (non-hydrogen) atoms. The molecule has 6 N–H and O–H groups in total. The molecule has 1 aromatic rings. The molecule has 1 unspecified atom stereocenters. The van der Waals surface area contributed by atoms with Gasteiger partial charge in [-0.1, -0.05) is 0 Å². The number of hydrogen-bond acceptors (Lipinski definition) is 12. The van der Waals surface area contributed by atoms with E-state index in [1.165, 1.54) is 20.0 Å². The number of nitrogens with zero attached hydrogens (tertiary/aromatic N) is 1. The van der Waals surface area contributed by atoms with E-state index in [1.807, 2.05) is 0 Å². The number of hydrogen-bond donors (Lipinski definition) is 6. The van der Waals surface area contributed by atoms with Crippen molar-refractivity contribution in [1.82, 2.24) is 9.55 Å². The van der Waals surface area contributed by atoms with Crippen LogP contribution in [0.3, 0.4) is 0 Å². The first-order valence-corrected chi connectivity index (χ1v) is 13.0. The number of ketones is 1. The SMILES string of the molecule is Cc1cn([C@H]2C[C@H](O[C@H]3O[C@@H](C)C(=O)[C@@H](O)[C@H]3O)[C@@H](COP(=O)(O)OP(=O)(O)O)O2)c(=O)[nH]c1=O. The number of aromatic amines is 1. The van der Waals surface area contributed by atoms with Crippen molar-refractivity contribution in [3.05, 3.63) is 32.6 Å². The summed E-state index contributed by atoms with van der Waals surface area (Å²) < 4.78 is 48.6. The van der Waals surface area contributed by atoms with Crippen LogP contribution in [0.5, 0.6) is 0 Å². The molecule has 0 aliphatic carbocycles. The van der Waals surface area contributed by atoms with Gasteiger partial charge < -0.3 is 39.1 Å². The van der Waals surface area contributed by atoms with E-state index in [0.29, 0.717) is 0 Å². The third kappa shape index (κ3) is 6.80. The monoisotopic (exact) mass is 546 g/mol. The van der Waals surface area contributed by atoms with Gasteiger partial charge in [0.25, 0.3) is 5.56 Å². The molecule has 19 heteroatoms. The van der Waals surface area contributed by atoms with Gasteiger partial charge in [0, 0.05) is 18.2 Å². The summed E-state index contributed by atoms with van der Waals surface area (Å²) >= 11 is 0. The van der Waals surface area contributed by atoms with Gasteiger partial charge in [0.05, 0.1) is 12.7 Å². The van der Waals surface area contributed by atoms with Crippen molar-refractivity contribution < 1.29 is 61.9 Å². The highest BCUT2D eigenvalue weighted by molar-refractivity contribution is 7.60. The Hall–Kier alpha value is -1.59. The maximum Gasteiger partial charge on any atom is 0.481 e. The van der Waals surface area contributed by atoms with Crippen LogP contribution in [-0.2, 0) is 37.0 Å². The van der Waals surface area contributed by atoms with Crippen LogP contribution in [0.2, 0.25) is 0 Å². The van der Waals surface area contributed by atoms with E-state index in [1.54, 1.807) is 0 Å². The number of rotatable bonds is 8. The molecule has 0 aromatic carbocycles. The number of phosphoric ester groups is 1. The Bertz CT molecular complexity index is 1160. The fraction of sp³-hybridized carbons (Fsp3) is 0.688. The second kappa shape index (κ2) is 10.4. The number of aromatic nitrogens is 2. The summed E-state index contributed by atoms with van der Waals surface area (Å²) in [5.74, 6) is -0.788. The molecule has 0 amide bonds. The highest BCUT2D eigenvalue weighted by atomic mass is 31.3. The van der Waals surface area contributed by atoms with Crippen LogP contribution in [-0.4, -0.2) is 83.6 Å². The lowest BCUT2D eigenvalue weighted by atomic mass is 10.0. The fourth-order valence-electron chi connectivity index (χ4n) is 3.48. The second-order valence-electron chi connectivity index (χ2n) is 7.84. The normalized spacial score (nSPS) is 33.6. The first-order valence-electron chi connectivity index (χ1n) is 10.0. The molecule has 2 saturated heterocycles. The van der Waals surface area contributed by atoms with Gasteiger partial charge in [0.15, 0.2) is 12.1 Å². The number of phosphoric acid groups is 2. The highest BCUT2D eigenvalue weighted by Crippen LogP contribution is 2.57. The largest absolute Gasteiger partial charge is 0.481 e. The molecule has 3 rings (SSSR count). The number of Topliss-reactive ketones (excluding diaryl/α,β-unsaturated/α-hetero) is 1. The molecular formula is C16H24N2O15P2. The van der Waals surface area contributed by atoms with Crippen molar-refractivity contribution in [2.45, 2.75) is 63.3 Å². The molecule has 2 aliphatic rings. The molecule has 198 valence electrons. The average Bonchev–Trinajstić information content (AvgIpc) is 3.12. The summed E-state index contributed by atoms with van der Waals surface area (Å²) in [5, 5.41) is 20.1. The number of carbonyl (C=O) groups is 1. The maximum atomic E-state index is 12.3. The molecule has 8 atom stereocenters. The van der Waals surface area contributed by atoms with Gasteiger partial charge in [-0.15, -0.1) is 0 Å². The van der Waals surface area contributed by atoms with E-state index in [-0.39, 0.29) is 12.0 Å². The smallest absolute Gasteiger partial charge is 0.385 e. The summed E-state index contributed by atoms with van der Waals surface area (Å²) in [6.45, 7) is 1.88. The number of nitrogens with one attached hydrogen (secondary N) is 1. The summed E-state index contributed by atoms with van der Waals surface area (Å²) in [5.41, 5.74) is -1.34. The number of ether oxygens (including phenoxy) is 3. The zero-order valence-electron chi connectivity index (χ0n) is 18.2. The lowest BCUT2D eigenvalue weighted by molar-refractivity contribution is -0.268. The topological polar surface area (TPSA) is 253 Å². The van der Waals surface area contributed by atoms with Crippen LogP contribution < -0.4 is 11.2 Å². The summed E-state index contributed by atoms with van der Waals surface area (Å²) in [4.78, 5) is 64.8. The van der Waals surface area contributed by atoms with E-state index >= 15 is 0 Å². The highest BCUT2D eigenvalue weighted by Gasteiger charge is 2.47. The fourth-order valence-corrected chi connectivity index (χ4v) is 5.08. The Morgan fingerprint density at radius 2 is 1.83 bits per heavy atom. The van der Waals surface area contributed by atoms with E-state index in [4.69, 9.17) is 24.0 Å². The number of aliphatic hydroxyl groups excluding tert-OH is 2. The van der Waals surface area contributed by atoms with Crippen molar-refractivity contribution >= 4 is 21.4 Å². The van der Waals surface area contributed by atoms with Crippen molar-refractivity contribution in [3.8, 4) is 0 Å². The van der Waals surface area contributed by atoms with Gasteiger partial charge in [-0.25, -0.2) is 13.9 Å². The van der Waals surface area contributed by atoms with Gasteiger partial charge in [-0.05, 0) is 13.8 Å². The van der Waals surface area contributed by atoms with Crippen LogP contribution in [0.15, 0.2) is 15.8 Å². The van der Waals surface area contributed by atoms with Crippen molar-refractivity contribution in [3.63, 3.8) is 0 Å². The van der Waals surface area contributed by atoms with Crippen LogP contribution >= 0.6 is 15.6 Å².